The van der Waals surface area contributed by atoms with E-state index in [2.05, 4.69) is 21.0 Å². The van der Waals surface area contributed by atoms with E-state index in [9.17, 15) is 4.39 Å². The van der Waals surface area contributed by atoms with Crippen LogP contribution in [-0.4, -0.2) is 44.5 Å². The van der Waals surface area contributed by atoms with Crippen molar-refractivity contribution in [1.29, 1.82) is 0 Å². The molecule has 8 heteroatoms. The lowest BCUT2D eigenvalue weighted by atomic mass is 9.93. The molecule has 0 saturated carbocycles. The van der Waals surface area contributed by atoms with Crippen LogP contribution in [-0.2, 0) is 13.0 Å². The lowest BCUT2D eigenvalue weighted by Crippen LogP contribution is -2.34. The molecule has 0 aliphatic carbocycles. The van der Waals surface area contributed by atoms with Gasteiger partial charge >= 0.3 is 0 Å². The Morgan fingerprint density at radius 2 is 1.80 bits per heavy atom. The fourth-order valence-corrected chi connectivity index (χ4v) is 3.91. The zero-order chi connectivity index (χ0) is 18.6. The number of pyridine rings is 1. The first-order valence-corrected chi connectivity index (χ1v) is 9.61. The highest BCUT2D eigenvalue weighted by molar-refractivity contribution is 5.85. The standard InChI is InChI=1S/C22H25FN4.2ClH.H2O/c1-2-12-26-13-9-17(10-14-26)15-21-25-20-4-3-11-24-22(20)27(21)16-18-5-7-19(23)8-6-18;;;/h2-8,11,17H,1,9-10,12-16H2;2*1H;1H2. The molecule has 5 nitrogen and oxygen atoms in total. The van der Waals surface area contributed by atoms with Crippen molar-refractivity contribution in [3.05, 3.63) is 72.5 Å². The molecule has 1 fully saturated rings. The van der Waals surface area contributed by atoms with Gasteiger partial charge in [0.2, 0.25) is 0 Å². The molecule has 2 N–H and O–H groups in total. The summed E-state index contributed by atoms with van der Waals surface area (Å²) in [7, 11) is 0. The minimum Gasteiger partial charge on any atom is -0.412 e. The molecule has 0 unspecified atom stereocenters. The molecule has 1 aliphatic heterocycles. The second-order valence-electron chi connectivity index (χ2n) is 7.32. The van der Waals surface area contributed by atoms with Crippen LogP contribution in [0.2, 0.25) is 0 Å². The van der Waals surface area contributed by atoms with Crippen LogP contribution in [0.4, 0.5) is 4.39 Å². The number of aromatic nitrogens is 3. The molecule has 4 rings (SSSR count). The third-order valence-electron chi connectivity index (χ3n) is 5.40. The van der Waals surface area contributed by atoms with Gasteiger partial charge in [0.25, 0.3) is 0 Å². The maximum Gasteiger partial charge on any atom is 0.160 e. The SMILES string of the molecule is C=CCN1CCC(Cc2nc3cccnc3n2Cc2ccc(F)cc2)CC1.Cl.Cl.O. The van der Waals surface area contributed by atoms with Crippen LogP contribution < -0.4 is 0 Å². The maximum atomic E-state index is 13.3. The fourth-order valence-electron chi connectivity index (χ4n) is 3.91. The minimum atomic E-state index is -0.209. The summed E-state index contributed by atoms with van der Waals surface area (Å²) < 4.78 is 15.4. The summed E-state index contributed by atoms with van der Waals surface area (Å²) >= 11 is 0. The molecule has 30 heavy (non-hydrogen) atoms. The predicted molar refractivity (Wildman–Crippen MR) is 124 cm³/mol. The van der Waals surface area contributed by atoms with Crippen molar-refractivity contribution < 1.29 is 9.87 Å². The van der Waals surface area contributed by atoms with Crippen molar-refractivity contribution in [2.75, 3.05) is 19.6 Å². The Hall–Kier alpha value is -1.99. The molecule has 164 valence electrons. The molecular weight excluding hydrogens is 426 g/mol. The second kappa shape index (κ2) is 12.0. The van der Waals surface area contributed by atoms with E-state index in [0.29, 0.717) is 12.5 Å². The number of piperidine rings is 1. The summed E-state index contributed by atoms with van der Waals surface area (Å²) in [5, 5.41) is 0. The first kappa shape index (κ1) is 26.0. The summed E-state index contributed by atoms with van der Waals surface area (Å²) in [6, 6.07) is 10.6. The van der Waals surface area contributed by atoms with Gasteiger partial charge in [-0.05, 0) is 61.7 Å². The van der Waals surface area contributed by atoms with Gasteiger partial charge in [0.1, 0.15) is 17.2 Å². The smallest absolute Gasteiger partial charge is 0.160 e. The third-order valence-corrected chi connectivity index (χ3v) is 5.40. The number of halogens is 3. The Morgan fingerprint density at radius 3 is 2.47 bits per heavy atom. The van der Waals surface area contributed by atoms with Crippen LogP contribution in [0.3, 0.4) is 0 Å². The van der Waals surface area contributed by atoms with E-state index < -0.39 is 0 Å². The van der Waals surface area contributed by atoms with Gasteiger partial charge < -0.3 is 10.0 Å². The van der Waals surface area contributed by atoms with Gasteiger partial charge in [-0.1, -0.05) is 18.2 Å². The van der Waals surface area contributed by atoms with Crippen LogP contribution in [0.1, 0.15) is 24.2 Å². The molecule has 2 aromatic heterocycles. The molecule has 1 aliphatic rings. The van der Waals surface area contributed by atoms with Crippen molar-refractivity contribution in [2.45, 2.75) is 25.8 Å². The van der Waals surface area contributed by atoms with E-state index in [1.54, 1.807) is 0 Å². The molecular formula is C22H29Cl2FN4O. The number of imidazole rings is 1. The summed E-state index contributed by atoms with van der Waals surface area (Å²) in [5.74, 6) is 1.50. The first-order chi connectivity index (χ1) is 13.2. The third kappa shape index (κ3) is 6.01. The average molecular weight is 455 g/mol. The van der Waals surface area contributed by atoms with E-state index in [4.69, 9.17) is 4.98 Å². The molecule has 3 heterocycles. The fraction of sp³-hybridized carbons (Fsp3) is 0.364. The minimum absolute atomic E-state index is 0. The number of rotatable bonds is 6. The molecule has 0 atom stereocenters. The Kier molecular flexibility index (Phi) is 10.4. The molecule has 0 amide bonds. The largest absolute Gasteiger partial charge is 0.412 e. The van der Waals surface area contributed by atoms with E-state index in [1.807, 2.05) is 36.5 Å². The number of nitrogens with zero attached hydrogens (tertiary/aromatic N) is 4. The second-order valence-corrected chi connectivity index (χ2v) is 7.32. The van der Waals surface area contributed by atoms with Crippen molar-refractivity contribution in [3.63, 3.8) is 0 Å². The average Bonchev–Trinajstić information content (AvgIpc) is 3.02. The normalized spacial score (nSPS) is 14.4. The highest BCUT2D eigenvalue weighted by Gasteiger charge is 2.22. The first-order valence-electron chi connectivity index (χ1n) is 9.61. The highest BCUT2D eigenvalue weighted by Crippen LogP contribution is 2.24. The highest BCUT2D eigenvalue weighted by atomic mass is 35.5. The summed E-state index contributed by atoms with van der Waals surface area (Å²) in [5.41, 5.74) is 2.89. The van der Waals surface area contributed by atoms with Gasteiger partial charge in [0.15, 0.2) is 5.65 Å². The molecule has 1 saturated heterocycles. The van der Waals surface area contributed by atoms with Crippen molar-refractivity contribution in [3.8, 4) is 0 Å². The van der Waals surface area contributed by atoms with Gasteiger partial charge in [-0.25, -0.2) is 14.4 Å². The van der Waals surface area contributed by atoms with Gasteiger partial charge in [-0.3, -0.25) is 4.90 Å². The van der Waals surface area contributed by atoms with Crippen LogP contribution in [0.15, 0.2) is 55.3 Å². The van der Waals surface area contributed by atoms with Crippen molar-refractivity contribution in [2.24, 2.45) is 5.92 Å². The van der Waals surface area contributed by atoms with Crippen LogP contribution in [0.5, 0.6) is 0 Å². The van der Waals surface area contributed by atoms with Crippen LogP contribution in [0, 0.1) is 11.7 Å². The zero-order valence-corrected chi connectivity index (χ0v) is 18.5. The van der Waals surface area contributed by atoms with Gasteiger partial charge in [-0.15, -0.1) is 31.4 Å². The quantitative estimate of drug-likeness (QED) is 0.527. The zero-order valence-electron chi connectivity index (χ0n) is 16.8. The Balaban J connectivity index is 0.00000150. The van der Waals surface area contributed by atoms with E-state index in [-0.39, 0.29) is 36.1 Å². The number of benzene rings is 1. The number of hydrogen-bond donors (Lipinski definition) is 0. The summed E-state index contributed by atoms with van der Waals surface area (Å²) in [6.45, 7) is 7.71. The van der Waals surface area contributed by atoms with Gasteiger partial charge in [0, 0.05) is 19.2 Å². The molecule has 1 aromatic carbocycles. The lowest BCUT2D eigenvalue weighted by Gasteiger charge is -2.31. The topological polar surface area (TPSA) is 65.5 Å². The summed E-state index contributed by atoms with van der Waals surface area (Å²) in [4.78, 5) is 11.9. The van der Waals surface area contributed by atoms with Crippen molar-refractivity contribution in [1.82, 2.24) is 19.4 Å². The van der Waals surface area contributed by atoms with Gasteiger partial charge in [0.05, 0.1) is 6.54 Å². The Bertz CT molecular complexity index is 925. The number of likely N-dealkylation sites (tertiary alicyclic amines) is 1. The van der Waals surface area contributed by atoms with Crippen LogP contribution in [0.25, 0.3) is 11.2 Å². The van der Waals surface area contributed by atoms with E-state index >= 15 is 0 Å². The lowest BCUT2D eigenvalue weighted by molar-refractivity contribution is 0.198. The predicted octanol–water partition coefficient (Wildman–Crippen LogP) is 4.08. The number of fused-ring (bicyclic) bond motifs is 1. The van der Waals surface area contributed by atoms with Gasteiger partial charge in [-0.2, -0.15) is 0 Å². The summed E-state index contributed by atoms with van der Waals surface area (Å²) in [6.07, 6.45) is 7.11. The Morgan fingerprint density at radius 1 is 1.10 bits per heavy atom. The monoisotopic (exact) mass is 454 g/mol. The van der Waals surface area contributed by atoms with Crippen LogP contribution >= 0.6 is 24.8 Å². The molecule has 0 bridgehead atoms. The van der Waals surface area contributed by atoms with E-state index in [0.717, 1.165) is 48.6 Å². The van der Waals surface area contributed by atoms with Crippen molar-refractivity contribution >= 4 is 36.0 Å². The van der Waals surface area contributed by atoms with E-state index in [1.165, 1.54) is 25.0 Å². The molecule has 0 spiro atoms. The Labute approximate surface area is 189 Å². The maximum absolute atomic E-state index is 13.3. The molecule has 3 aromatic rings. The number of hydrogen-bond acceptors (Lipinski definition) is 3. The molecule has 0 radical (unpaired) electrons.